The Labute approximate surface area is 167 Å². The molecule has 1 aliphatic heterocycles. The number of carbonyl (C=O) groups is 2. The molecule has 3 heterocycles. The van der Waals surface area contributed by atoms with Crippen molar-refractivity contribution in [3.8, 4) is 0 Å². The molecule has 1 N–H and O–H groups in total. The van der Waals surface area contributed by atoms with Crippen molar-refractivity contribution in [1.29, 1.82) is 0 Å². The van der Waals surface area contributed by atoms with Gasteiger partial charge in [0.2, 0.25) is 11.8 Å². The number of rotatable bonds is 4. The third-order valence-corrected chi connectivity index (χ3v) is 4.89. The molecule has 0 spiro atoms. The van der Waals surface area contributed by atoms with Crippen molar-refractivity contribution < 1.29 is 22.8 Å². The maximum atomic E-state index is 12.6. The monoisotopic (exact) mass is 459 g/mol. The fourth-order valence-electron chi connectivity index (χ4n) is 2.91. The van der Waals surface area contributed by atoms with E-state index in [1.54, 1.807) is 18.3 Å². The molecule has 1 aliphatic rings. The number of pyridine rings is 1. The second kappa shape index (κ2) is 8.29. The molecular weight excluding hydrogens is 443 g/mol. The number of hydrogen-bond donors (Lipinski definition) is 1. The number of amides is 2. The van der Waals surface area contributed by atoms with E-state index >= 15 is 0 Å². The molecular formula is C17H17BrF3N5O2. The Balaban J connectivity index is 1.49. The molecule has 11 heteroatoms. The zero-order chi connectivity index (χ0) is 20.3. The SMILES string of the molecule is O=C(Nc1ccc(Br)cn1)C1CCN(C(=O)Cn2ccc(C(F)(F)F)n2)CC1. The number of piperidine rings is 1. The Hall–Kier alpha value is -2.43. The van der Waals surface area contributed by atoms with Crippen molar-refractivity contribution in [1.82, 2.24) is 19.7 Å². The van der Waals surface area contributed by atoms with Gasteiger partial charge in [-0.1, -0.05) is 0 Å². The van der Waals surface area contributed by atoms with Crippen LogP contribution in [0.25, 0.3) is 0 Å². The molecule has 1 saturated heterocycles. The predicted molar refractivity (Wildman–Crippen MR) is 97.1 cm³/mol. The summed E-state index contributed by atoms with van der Waals surface area (Å²) in [4.78, 5) is 30.3. The molecule has 0 radical (unpaired) electrons. The summed E-state index contributed by atoms with van der Waals surface area (Å²) in [7, 11) is 0. The summed E-state index contributed by atoms with van der Waals surface area (Å²) in [6.45, 7) is 0.450. The number of carbonyl (C=O) groups excluding carboxylic acids is 2. The summed E-state index contributed by atoms with van der Waals surface area (Å²) < 4.78 is 39.5. The molecule has 0 unspecified atom stereocenters. The molecule has 150 valence electrons. The highest BCUT2D eigenvalue weighted by Crippen LogP contribution is 2.27. The van der Waals surface area contributed by atoms with Gasteiger partial charge in [-0.25, -0.2) is 4.98 Å². The molecule has 0 bridgehead atoms. The first-order chi connectivity index (χ1) is 13.2. The van der Waals surface area contributed by atoms with Crippen LogP contribution >= 0.6 is 15.9 Å². The van der Waals surface area contributed by atoms with Gasteiger partial charge in [-0.3, -0.25) is 14.3 Å². The van der Waals surface area contributed by atoms with E-state index in [0.717, 1.165) is 21.4 Å². The van der Waals surface area contributed by atoms with Crippen LogP contribution in [0.15, 0.2) is 35.1 Å². The maximum absolute atomic E-state index is 12.6. The molecule has 3 rings (SSSR count). The van der Waals surface area contributed by atoms with Crippen molar-refractivity contribution in [3.63, 3.8) is 0 Å². The summed E-state index contributed by atoms with van der Waals surface area (Å²) in [6, 6.07) is 4.28. The number of anilines is 1. The number of aromatic nitrogens is 3. The first kappa shape index (κ1) is 20.3. The smallest absolute Gasteiger partial charge is 0.341 e. The van der Waals surface area contributed by atoms with E-state index in [9.17, 15) is 22.8 Å². The van der Waals surface area contributed by atoms with Crippen LogP contribution in [-0.2, 0) is 22.3 Å². The summed E-state index contributed by atoms with van der Waals surface area (Å²) in [5, 5.41) is 6.13. The van der Waals surface area contributed by atoms with Gasteiger partial charge in [-0.05, 0) is 47.0 Å². The van der Waals surface area contributed by atoms with E-state index in [-0.39, 0.29) is 24.3 Å². The summed E-state index contributed by atoms with van der Waals surface area (Å²) >= 11 is 3.27. The zero-order valence-corrected chi connectivity index (χ0v) is 16.2. The molecule has 1 fully saturated rings. The Morgan fingerprint density at radius 3 is 2.50 bits per heavy atom. The van der Waals surface area contributed by atoms with Crippen LogP contribution in [0.3, 0.4) is 0 Å². The lowest BCUT2D eigenvalue weighted by Gasteiger charge is -2.31. The zero-order valence-electron chi connectivity index (χ0n) is 14.6. The van der Waals surface area contributed by atoms with Crippen molar-refractivity contribution in [2.45, 2.75) is 25.6 Å². The first-order valence-electron chi connectivity index (χ1n) is 8.53. The molecule has 0 saturated carbocycles. The third-order valence-electron chi connectivity index (χ3n) is 4.43. The largest absolute Gasteiger partial charge is 0.435 e. The fraction of sp³-hybridized carbons (Fsp3) is 0.412. The van der Waals surface area contributed by atoms with E-state index < -0.39 is 11.9 Å². The van der Waals surface area contributed by atoms with Crippen LogP contribution in [0.2, 0.25) is 0 Å². The normalized spacial score (nSPS) is 15.5. The predicted octanol–water partition coefficient (Wildman–Crippen LogP) is 2.94. The molecule has 0 aromatic carbocycles. The van der Waals surface area contributed by atoms with Crippen LogP contribution in [0.4, 0.5) is 19.0 Å². The molecule has 28 heavy (non-hydrogen) atoms. The van der Waals surface area contributed by atoms with Gasteiger partial charge in [0.15, 0.2) is 5.69 Å². The van der Waals surface area contributed by atoms with Gasteiger partial charge < -0.3 is 10.2 Å². The van der Waals surface area contributed by atoms with Gasteiger partial charge >= 0.3 is 6.18 Å². The average molecular weight is 460 g/mol. The van der Waals surface area contributed by atoms with E-state index in [2.05, 4.69) is 31.3 Å². The van der Waals surface area contributed by atoms with Crippen LogP contribution < -0.4 is 5.32 Å². The van der Waals surface area contributed by atoms with Crippen molar-refractivity contribution in [2.75, 3.05) is 18.4 Å². The van der Waals surface area contributed by atoms with Gasteiger partial charge in [0.25, 0.3) is 0 Å². The molecule has 2 amide bonds. The molecule has 7 nitrogen and oxygen atoms in total. The number of likely N-dealkylation sites (tertiary alicyclic amines) is 1. The number of alkyl halides is 3. The van der Waals surface area contributed by atoms with Crippen LogP contribution in [0.1, 0.15) is 18.5 Å². The van der Waals surface area contributed by atoms with E-state index in [1.807, 2.05) is 0 Å². The summed E-state index contributed by atoms with van der Waals surface area (Å²) in [5.41, 5.74) is -1.03. The second-order valence-electron chi connectivity index (χ2n) is 6.40. The number of nitrogens with zero attached hydrogens (tertiary/aromatic N) is 4. The van der Waals surface area contributed by atoms with Gasteiger partial charge in [0.05, 0.1) is 0 Å². The molecule has 0 atom stereocenters. The highest BCUT2D eigenvalue weighted by molar-refractivity contribution is 9.10. The van der Waals surface area contributed by atoms with Crippen LogP contribution in [-0.4, -0.2) is 44.6 Å². The quantitative estimate of drug-likeness (QED) is 0.761. The van der Waals surface area contributed by atoms with Gasteiger partial charge in [-0.15, -0.1) is 0 Å². The molecule has 2 aromatic heterocycles. The van der Waals surface area contributed by atoms with Crippen LogP contribution in [0.5, 0.6) is 0 Å². The van der Waals surface area contributed by atoms with Crippen LogP contribution in [0, 0.1) is 5.92 Å². The van der Waals surface area contributed by atoms with Crippen molar-refractivity contribution >= 4 is 33.6 Å². The Kier molecular flexibility index (Phi) is 6.01. The van der Waals surface area contributed by atoms with Crippen molar-refractivity contribution in [2.24, 2.45) is 5.92 Å². The Morgan fingerprint density at radius 2 is 1.93 bits per heavy atom. The Morgan fingerprint density at radius 1 is 1.21 bits per heavy atom. The van der Waals surface area contributed by atoms with E-state index in [1.165, 1.54) is 4.90 Å². The minimum Gasteiger partial charge on any atom is -0.341 e. The summed E-state index contributed by atoms with van der Waals surface area (Å²) in [5.74, 6) is -0.295. The number of hydrogen-bond acceptors (Lipinski definition) is 4. The standard InChI is InChI=1S/C17H17BrF3N5O2/c18-12-1-2-14(22-9-12)23-16(28)11-3-6-25(7-4-11)15(27)10-26-8-5-13(24-26)17(19,20)21/h1-2,5,8-9,11H,3-4,6-7,10H2,(H,22,23,28). The lowest BCUT2D eigenvalue weighted by Crippen LogP contribution is -2.42. The van der Waals surface area contributed by atoms with Gasteiger partial charge in [0, 0.05) is 35.9 Å². The van der Waals surface area contributed by atoms with Crippen molar-refractivity contribution in [3.05, 3.63) is 40.8 Å². The third kappa shape index (κ3) is 5.09. The summed E-state index contributed by atoms with van der Waals surface area (Å²) in [6.07, 6.45) is -0.881. The average Bonchev–Trinajstić information content (AvgIpc) is 3.12. The van der Waals surface area contributed by atoms with Gasteiger partial charge in [-0.2, -0.15) is 18.3 Å². The fourth-order valence-corrected chi connectivity index (χ4v) is 3.14. The molecule has 0 aliphatic carbocycles. The maximum Gasteiger partial charge on any atom is 0.435 e. The lowest BCUT2D eigenvalue weighted by atomic mass is 9.96. The highest BCUT2D eigenvalue weighted by Gasteiger charge is 2.34. The number of halogens is 4. The highest BCUT2D eigenvalue weighted by atomic mass is 79.9. The molecule has 2 aromatic rings. The second-order valence-corrected chi connectivity index (χ2v) is 7.32. The minimum absolute atomic E-state index is 0.163. The van der Waals surface area contributed by atoms with E-state index in [0.29, 0.717) is 31.7 Å². The van der Waals surface area contributed by atoms with E-state index in [4.69, 9.17) is 0 Å². The Bertz CT molecular complexity index is 845. The first-order valence-corrected chi connectivity index (χ1v) is 9.32. The number of nitrogens with one attached hydrogen (secondary N) is 1. The minimum atomic E-state index is -4.54. The lowest BCUT2D eigenvalue weighted by molar-refractivity contribution is -0.142. The topological polar surface area (TPSA) is 80.1 Å². The van der Waals surface area contributed by atoms with Gasteiger partial charge in [0.1, 0.15) is 12.4 Å².